The Balaban J connectivity index is -0.00000000450. The molecule has 0 aromatic carbocycles. The van der Waals surface area contributed by atoms with Crippen molar-refractivity contribution in [2.45, 2.75) is 0 Å². The normalized spacial score (nSPS) is 4.17. The van der Waals surface area contributed by atoms with Crippen molar-refractivity contribution in [2.75, 3.05) is 0 Å². The first kappa shape index (κ1) is 15.6. The van der Waals surface area contributed by atoms with Crippen LogP contribution in [0.4, 0.5) is 9.18 Å². The minimum Gasteiger partial charge on any atom is -1.00 e. The Kier molecular flexibility index (Phi) is 25.6. The molecular formula is CH4CaFNaO2. The second-order valence-electron chi connectivity index (χ2n) is 0.253. The van der Waals surface area contributed by atoms with E-state index in [4.69, 9.17) is 9.90 Å². The Morgan fingerprint density at radius 1 is 1.83 bits per heavy atom. The fraction of sp³-hybridized carbons (Fsp3) is 0. The summed E-state index contributed by atoms with van der Waals surface area (Å²) in [6.45, 7) is 0. The number of hydrogen-bond donors (Lipinski definition) is 1. The quantitative estimate of drug-likeness (QED) is 0.293. The van der Waals surface area contributed by atoms with Crippen LogP contribution in [0.25, 0.3) is 0 Å². The first-order chi connectivity index (χ1) is 1.73. The van der Waals surface area contributed by atoms with Gasteiger partial charge in [0.15, 0.2) is 0 Å². The molecule has 0 aromatic heterocycles. The van der Waals surface area contributed by atoms with Crippen LogP contribution in [0.2, 0.25) is 0 Å². The third kappa shape index (κ3) is 44.6. The zero-order valence-corrected chi connectivity index (χ0v) is 7.65. The van der Waals surface area contributed by atoms with Crippen molar-refractivity contribution in [2.24, 2.45) is 0 Å². The number of rotatable bonds is 0. The van der Waals surface area contributed by atoms with Crippen LogP contribution < -0.4 is 29.6 Å². The van der Waals surface area contributed by atoms with Gasteiger partial charge in [-0.25, -0.2) is 4.79 Å². The van der Waals surface area contributed by atoms with Gasteiger partial charge in [0.1, 0.15) is 0 Å². The van der Waals surface area contributed by atoms with E-state index in [2.05, 4.69) is 0 Å². The molecule has 5 heteroatoms. The molecule has 0 heterocycles. The molecule has 0 aliphatic carbocycles. The van der Waals surface area contributed by atoms with Crippen molar-refractivity contribution in [3.63, 3.8) is 0 Å². The van der Waals surface area contributed by atoms with E-state index >= 15 is 0 Å². The van der Waals surface area contributed by atoms with Crippen LogP contribution in [0.3, 0.4) is 0 Å². The van der Waals surface area contributed by atoms with E-state index in [0.29, 0.717) is 0 Å². The maximum absolute atomic E-state index is 9.92. The fourth-order valence-corrected chi connectivity index (χ4v) is 0. The van der Waals surface area contributed by atoms with Gasteiger partial charge >= 0.3 is 73.5 Å². The van der Waals surface area contributed by atoms with Crippen molar-refractivity contribution in [3.05, 3.63) is 0 Å². The molecule has 0 spiro atoms. The summed E-state index contributed by atoms with van der Waals surface area (Å²) in [6, 6.07) is 0. The zero-order chi connectivity index (χ0) is 3.58. The molecule has 0 aliphatic heterocycles. The molecule has 2 nitrogen and oxygen atoms in total. The Hall–Kier alpha value is 1.66. The molecule has 0 bridgehead atoms. The Morgan fingerprint density at radius 2 is 1.83 bits per heavy atom. The molecule has 0 saturated carbocycles. The number of carboxylic acid groups (broad SMARTS) is 1. The van der Waals surface area contributed by atoms with E-state index in [1.807, 2.05) is 0 Å². The maximum atomic E-state index is 9.92. The summed E-state index contributed by atoms with van der Waals surface area (Å²) < 4.78 is 9.92. The van der Waals surface area contributed by atoms with Crippen LogP contribution in [0.1, 0.15) is 4.28 Å². The van der Waals surface area contributed by atoms with E-state index in [-0.39, 0.29) is 71.6 Å². The van der Waals surface area contributed by atoms with E-state index in [1.165, 1.54) is 0 Å². The topological polar surface area (TPSA) is 37.3 Å². The van der Waals surface area contributed by atoms with E-state index in [0.717, 1.165) is 0 Å². The maximum Gasteiger partial charge on any atom is 2.00 e. The largest absolute Gasteiger partial charge is 2.00 e. The van der Waals surface area contributed by atoms with Crippen molar-refractivity contribution >= 4 is 44.0 Å². The number of carbonyl (C=O) groups is 1. The average molecular weight is 130 g/mol. The Labute approximate surface area is 90.8 Å². The fourth-order valence-electron chi connectivity index (χ4n) is 0. The van der Waals surface area contributed by atoms with Crippen LogP contribution in [-0.2, 0) is 0 Å². The second-order valence-corrected chi connectivity index (χ2v) is 0.253. The number of hydrogen-bond acceptors (Lipinski definition) is 1. The monoisotopic (exact) mass is 130 g/mol. The van der Waals surface area contributed by atoms with Crippen molar-refractivity contribution in [1.82, 2.24) is 0 Å². The second kappa shape index (κ2) is 9.82. The summed E-state index contributed by atoms with van der Waals surface area (Å²) >= 11 is 0. The van der Waals surface area contributed by atoms with Crippen LogP contribution in [-0.4, -0.2) is 49.1 Å². The smallest absolute Gasteiger partial charge is 1.00 e. The molecule has 0 atom stereocenters. The SMILES string of the molecule is O=C(O)F.[Ca+2].[H-].[H-].[H-].[Na+]. The first-order valence-electron chi connectivity index (χ1n) is 0.617. The third-order valence-electron chi connectivity index (χ3n) is 0. The molecule has 1 N–H and O–H groups in total. The van der Waals surface area contributed by atoms with Gasteiger partial charge in [-0.05, 0) is 0 Å². The van der Waals surface area contributed by atoms with Gasteiger partial charge in [-0.3, -0.25) is 0 Å². The van der Waals surface area contributed by atoms with Crippen molar-refractivity contribution in [3.8, 4) is 0 Å². The van der Waals surface area contributed by atoms with Crippen molar-refractivity contribution in [1.29, 1.82) is 0 Å². The van der Waals surface area contributed by atoms with Gasteiger partial charge in [-0.2, -0.15) is 0 Å². The third-order valence-corrected chi connectivity index (χ3v) is 0. The average Bonchev–Trinajstić information content (AvgIpc) is 0.811. The Morgan fingerprint density at radius 3 is 1.83 bits per heavy atom. The van der Waals surface area contributed by atoms with Crippen LogP contribution in [0.5, 0.6) is 0 Å². The molecule has 0 amide bonds. The molecule has 0 aliphatic rings. The molecule has 0 aromatic rings. The van der Waals surface area contributed by atoms with Crippen molar-refractivity contribution < 1.29 is 48.1 Å². The molecule has 0 unspecified atom stereocenters. The van der Waals surface area contributed by atoms with Crippen LogP contribution in [0, 0.1) is 0 Å². The standard InChI is InChI=1S/CHFO2.Ca.Na.3H/c2-1(3)4;;;;;/h(H,3,4);;;;;/q;+2;+1;3*-1. The molecule has 0 rings (SSSR count). The molecule has 0 saturated heterocycles. The van der Waals surface area contributed by atoms with Gasteiger partial charge in [0, 0.05) is 0 Å². The minimum atomic E-state index is -2.33. The summed E-state index contributed by atoms with van der Waals surface area (Å²) in [6.07, 6.45) is -2.33. The van der Waals surface area contributed by atoms with E-state index in [1.54, 1.807) is 0 Å². The molecule has 6 heavy (non-hydrogen) atoms. The number of halogens is 1. The Bertz CT molecular complexity index is 44.8. The predicted molar refractivity (Wildman–Crippen MR) is 18.2 cm³/mol. The van der Waals surface area contributed by atoms with Gasteiger partial charge < -0.3 is 9.39 Å². The zero-order valence-electron chi connectivity index (χ0n) is 6.44. The van der Waals surface area contributed by atoms with Crippen LogP contribution >= 0.6 is 0 Å². The molecule has 30 valence electrons. The molecule has 0 radical (unpaired) electrons. The van der Waals surface area contributed by atoms with Crippen LogP contribution in [0.15, 0.2) is 0 Å². The summed E-state index contributed by atoms with van der Waals surface area (Å²) in [7, 11) is 0. The summed E-state index contributed by atoms with van der Waals surface area (Å²) in [5, 5.41) is 6.75. The van der Waals surface area contributed by atoms with Gasteiger partial charge in [0.25, 0.3) is 0 Å². The summed E-state index contributed by atoms with van der Waals surface area (Å²) in [4.78, 5) is 8.33. The molecular weight excluding hydrogens is 126 g/mol. The van der Waals surface area contributed by atoms with Gasteiger partial charge in [-0.1, -0.05) is 0 Å². The van der Waals surface area contributed by atoms with Gasteiger partial charge in [0.05, 0.1) is 0 Å². The first-order valence-corrected chi connectivity index (χ1v) is 0.617. The predicted octanol–water partition coefficient (Wildman–Crippen LogP) is -2.41. The summed E-state index contributed by atoms with van der Waals surface area (Å²) in [5.41, 5.74) is 0. The summed E-state index contributed by atoms with van der Waals surface area (Å²) in [5.74, 6) is 0. The van der Waals surface area contributed by atoms with Gasteiger partial charge in [-0.15, -0.1) is 4.39 Å². The van der Waals surface area contributed by atoms with E-state index < -0.39 is 6.22 Å². The minimum absolute atomic E-state index is 0. The molecule has 0 fully saturated rings. The van der Waals surface area contributed by atoms with E-state index in [9.17, 15) is 4.39 Å². The van der Waals surface area contributed by atoms with Gasteiger partial charge in [0.2, 0.25) is 0 Å².